The van der Waals surface area contributed by atoms with Crippen molar-refractivity contribution in [2.24, 2.45) is 5.92 Å². The van der Waals surface area contributed by atoms with E-state index in [-0.39, 0.29) is 18.6 Å². The summed E-state index contributed by atoms with van der Waals surface area (Å²) in [6, 6.07) is 0. The van der Waals surface area contributed by atoms with Crippen LogP contribution in [-0.2, 0) is 19.0 Å². The van der Waals surface area contributed by atoms with Crippen molar-refractivity contribution in [3.05, 3.63) is 0 Å². The van der Waals surface area contributed by atoms with Crippen LogP contribution in [0, 0.1) is 5.92 Å². The van der Waals surface area contributed by atoms with Gasteiger partial charge in [0.15, 0.2) is 0 Å². The Morgan fingerprint density at radius 3 is 2.22 bits per heavy atom. The molecular formula is C12H21NO5. The Morgan fingerprint density at radius 2 is 1.78 bits per heavy atom. The summed E-state index contributed by atoms with van der Waals surface area (Å²) in [6.07, 6.45) is -0.777. The Morgan fingerprint density at radius 1 is 1.17 bits per heavy atom. The van der Waals surface area contributed by atoms with E-state index in [0.717, 1.165) is 0 Å². The van der Waals surface area contributed by atoms with Crippen LogP contribution in [0.3, 0.4) is 0 Å². The summed E-state index contributed by atoms with van der Waals surface area (Å²) in [5, 5.41) is 0. The van der Waals surface area contributed by atoms with E-state index in [2.05, 4.69) is 0 Å². The van der Waals surface area contributed by atoms with Gasteiger partial charge in [0.2, 0.25) is 0 Å². The normalized spacial score (nSPS) is 23.9. The summed E-state index contributed by atoms with van der Waals surface area (Å²) in [6.45, 7) is 6.00. The van der Waals surface area contributed by atoms with Crippen LogP contribution in [0.25, 0.3) is 0 Å². The highest BCUT2D eigenvalue weighted by Gasteiger charge is 2.41. The first-order valence-electron chi connectivity index (χ1n) is 5.87. The van der Waals surface area contributed by atoms with Gasteiger partial charge in [-0.25, -0.2) is 4.79 Å². The lowest BCUT2D eigenvalue weighted by atomic mass is 10.1. The third kappa shape index (κ3) is 3.60. The van der Waals surface area contributed by atoms with E-state index >= 15 is 0 Å². The first-order valence-corrected chi connectivity index (χ1v) is 5.87. The molecule has 1 aliphatic rings. The van der Waals surface area contributed by atoms with E-state index in [0.29, 0.717) is 6.54 Å². The molecule has 0 radical (unpaired) electrons. The number of hydrogen-bond donors (Lipinski definition) is 0. The summed E-state index contributed by atoms with van der Waals surface area (Å²) < 4.78 is 15.2. The van der Waals surface area contributed by atoms with Crippen LogP contribution >= 0.6 is 0 Å². The second kappa shape index (κ2) is 5.56. The van der Waals surface area contributed by atoms with Gasteiger partial charge in [-0.3, -0.25) is 4.79 Å². The molecule has 0 N–H and O–H groups in total. The molecule has 0 aromatic heterocycles. The van der Waals surface area contributed by atoms with Crippen LogP contribution in [0.1, 0.15) is 20.8 Å². The van der Waals surface area contributed by atoms with Crippen LogP contribution in [0.5, 0.6) is 0 Å². The number of esters is 1. The highest BCUT2D eigenvalue weighted by atomic mass is 16.6. The molecule has 0 bridgehead atoms. The Balaban J connectivity index is 2.66. The van der Waals surface area contributed by atoms with Crippen molar-refractivity contribution >= 4 is 12.1 Å². The van der Waals surface area contributed by atoms with Crippen molar-refractivity contribution < 1.29 is 23.8 Å². The van der Waals surface area contributed by atoms with Gasteiger partial charge in [0.25, 0.3) is 0 Å². The molecule has 2 atom stereocenters. The smallest absolute Gasteiger partial charge is 0.410 e. The molecule has 104 valence electrons. The van der Waals surface area contributed by atoms with Crippen LogP contribution in [-0.4, -0.2) is 56.0 Å². The van der Waals surface area contributed by atoms with Gasteiger partial charge in [-0.05, 0) is 20.8 Å². The third-order valence-electron chi connectivity index (χ3n) is 2.72. The molecule has 1 fully saturated rings. The first-order chi connectivity index (χ1) is 8.28. The van der Waals surface area contributed by atoms with Gasteiger partial charge < -0.3 is 19.1 Å². The number of nitrogens with zero attached hydrogens (tertiary/aromatic N) is 1. The minimum absolute atomic E-state index is 0.264. The third-order valence-corrected chi connectivity index (χ3v) is 2.72. The zero-order valence-corrected chi connectivity index (χ0v) is 11.6. The topological polar surface area (TPSA) is 65.1 Å². The first kappa shape index (κ1) is 14.8. The van der Waals surface area contributed by atoms with Gasteiger partial charge in [-0.1, -0.05) is 0 Å². The van der Waals surface area contributed by atoms with Crippen LogP contribution < -0.4 is 0 Å². The number of amides is 1. The van der Waals surface area contributed by atoms with Gasteiger partial charge in [0, 0.05) is 13.7 Å². The summed E-state index contributed by atoms with van der Waals surface area (Å²) >= 11 is 0. The van der Waals surface area contributed by atoms with E-state index in [1.807, 2.05) is 0 Å². The molecule has 0 aliphatic carbocycles. The molecule has 1 rings (SSSR count). The van der Waals surface area contributed by atoms with Crippen molar-refractivity contribution in [2.75, 3.05) is 27.3 Å². The standard InChI is InChI=1S/C12H21NO5/c1-12(2,3)18-11(15)13-6-8(10(14)17-5)9(7-13)16-4/h8-9H,6-7H2,1-5H3. The minimum Gasteiger partial charge on any atom is -0.469 e. The highest BCUT2D eigenvalue weighted by Crippen LogP contribution is 2.22. The fraction of sp³-hybridized carbons (Fsp3) is 0.833. The number of carbonyl (C=O) groups is 2. The van der Waals surface area contributed by atoms with E-state index in [1.165, 1.54) is 19.1 Å². The second-order valence-corrected chi connectivity index (χ2v) is 5.29. The molecule has 1 saturated heterocycles. The summed E-state index contributed by atoms with van der Waals surface area (Å²) in [5.41, 5.74) is -0.553. The minimum atomic E-state index is -0.553. The molecule has 0 spiro atoms. The number of likely N-dealkylation sites (tertiary alicyclic amines) is 1. The molecule has 0 saturated carbocycles. The maximum absolute atomic E-state index is 11.9. The van der Waals surface area contributed by atoms with Crippen molar-refractivity contribution in [2.45, 2.75) is 32.5 Å². The van der Waals surface area contributed by atoms with E-state index in [4.69, 9.17) is 14.2 Å². The van der Waals surface area contributed by atoms with Crippen molar-refractivity contribution in [1.29, 1.82) is 0 Å². The lowest BCUT2D eigenvalue weighted by Gasteiger charge is -2.24. The maximum atomic E-state index is 11.9. The fourth-order valence-corrected chi connectivity index (χ4v) is 1.87. The molecule has 6 heteroatoms. The Hall–Kier alpha value is -1.30. The Bertz CT molecular complexity index is 323. The SMILES string of the molecule is COC(=O)C1CN(C(=O)OC(C)(C)C)CC1OC. The molecule has 2 unspecified atom stereocenters. The van der Waals surface area contributed by atoms with E-state index in [9.17, 15) is 9.59 Å². The van der Waals surface area contributed by atoms with Crippen molar-refractivity contribution in [1.82, 2.24) is 4.90 Å². The monoisotopic (exact) mass is 259 g/mol. The second-order valence-electron chi connectivity index (χ2n) is 5.29. The van der Waals surface area contributed by atoms with Crippen molar-refractivity contribution in [3.8, 4) is 0 Å². The lowest BCUT2D eigenvalue weighted by Crippen LogP contribution is -2.36. The lowest BCUT2D eigenvalue weighted by molar-refractivity contribution is -0.148. The number of methoxy groups -OCH3 is 2. The van der Waals surface area contributed by atoms with Crippen LogP contribution in [0.2, 0.25) is 0 Å². The van der Waals surface area contributed by atoms with Gasteiger partial charge in [0.1, 0.15) is 11.5 Å². The molecule has 1 heterocycles. The summed E-state index contributed by atoms with van der Waals surface area (Å²) in [5.74, 6) is -0.819. The Labute approximate surface area is 107 Å². The fourth-order valence-electron chi connectivity index (χ4n) is 1.87. The van der Waals surface area contributed by atoms with Crippen molar-refractivity contribution in [3.63, 3.8) is 0 Å². The largest absolute Gasteiger partial charge is 0.469 e. The quantitative estimate of drug-likeness (QED) is 0.693. The van der Waals surface area contributed by atoms with Gasteiger partial charge in [0.05, 0.1) is 19.8 Å². The number of carbonyl (C=O) groups excluding carboxylic acids is 2. The molecule has 0 aromatic carbocycles. The molecule has 1 amide bonds. The molecule has 0 aromatic rings. The molecular weight excluding hydrogens is 238 g/mol. The zero-order chi connectivity index (χ0) is 13.9. The predicted octanol–water partition coefficient (Wildman–Crippen LogP) is 1.04. The number of rotatable bonds is 2. The zero-order valence-electron chi connectivity index (χ0n) is 11.6. The van der Waals surface area contributed by atoms with Crippen LogP contribution in [0.15, 0.2) is 0 Å². The predicted molar refractivity (Wildman–Crippen MR) is 64.1 cm³/mol. The average Bonchev–Trinajstić information content (AvgIpc) is 2.69. The molecule has 18 heavy (non-hydrogen) atoms. The van der Waals surface area contributed by atoms with E-state index < -0.39 is 17.6 Å². The van der Waals surface area contributed by atoms with E-state index in [1.54, 1.807) is 20.8 Å². The molecule has 1 aliphatic heterocycles. The summed E-state index contributed by atoms with van der Waals surface area (Å²) in [7, 11) is 2.84. The van der Waals surface area contributed by atoms with Gasteiger partial charge in [-0.15, -0.1) is 0 Å². The Kier molecular flexibility index (Phi) is 4.56. The van der Waals surface area contributed by atoms with Gasteiger partial charge in [-0.2, -0.15) is 0 Å². The maximum Gasteiger partial charge on any atom is 0.410 e. The number of hydrogen-bond acceptors (Lipinski definition) is 5. The van der Waals surface area contributed by atoms with Crippen LogP contribution in [0.4, 0.5) is 4.79 Å². The number of ether oxygens (including phenoxy) is 3. The molecule has 6 nitrogen and oxygen atoms in total. The summed E-state index contributed by atoms with van der Waals surface area (Å²) in [4.78, 5) is 24.9. The highest BCUT2D eigenvalue weighted by molar-refractivity contribution is 5.76. The average molecular weight is 259 g/mol. The van der Waals surface area contributed by atoms with Gasteiger partial charge >= 0.3 is 12.1 Å².